The standard InChI is InChI=1S/C25H24FN5O3/c1-17-7-3-6-10-22(17)28-24(32)27-18-11-13-19(14-12-18)31-23(20-8-4-5-9-21(20)26)29-25(30-31)34-16-15-33-2/h3-14H,15-16H2,1-2H3,(H2,27,28,32). The fourth-order valence-corrected chi connectivity index (χ4v) is 3.25. The second-order valence-corrected chi connectivity index (χ2v) is 7.39. The summed E-state index contributed by atoms with van der Waals surface area (Å²) in [5, 5.41) is 10.0. The van der Waals surface area contributed by atoms with Gasteiger partial charge < -0.3 is 20.1 Å². The van der Waals surface area contributed by atoms with Crippen LogP contribution in [-0.2, 0) is 4.74 Å². The molecule has 2 N–H and O–H groups in total. The van der Waals surface area contributed by atoms with Crippen molar-refractivity contribution in [1.29, 1.82) is 0 Å². The van der Waals surface area contributed by atoms with Gasteiger partial charge >= 0.3 is 12.0 Å². The Morgan fingerprint density at radius 3 is 2.44 bits per heavy atom. The molecule has 9 heteroatoms. The summed E-state index contributed by atoms with van der Waals surface area (Å²) in [5.74, 6) is -0.130. The summed E-state index contributed by atoms with van der Waals surface area (Å²) in [6, 6.07) is 20.5. The second-order valence-electron chi connectivity index (χ2n) is 7.39. The molecule has 0 spiro atoms. The first-order chi connectivity index (χ1) is 16.5. The molecule has 0 saturated heterocycles. The maximum absolute atomic E-state index is 14.5. The molecule has 0 saturated carbocycles. The van der Waals surface area contributed by atoms with Gasteiger partial charge in [0.15, 0.2) is 5.82 Å². The quantitative estimate of drug-likeness (QED) is 0.358. The van der Waals surface area contributed by atoms with Gasteiger partial charge in [0.2, 0.25) is 0 Å². The van der Waals surface area contributed by atoms with Crippen molar-refractivity contribution in [3.63, 3.8) is 0 Å². The highest BCUT2D eigenvalue weighted by molar-refractivity contribution is 6.00. The summed E-state index contributed by atoms with van der Waals surface area (Å²) in [4.78, 5) is 16.7. The number of methoxy groups -OCH3 is 1. The molecule has 8 nitrogen and oxygen atoms in total. The van der Waals surface area contributed by atoms with Crippen LogP contribution in [0.5, 0.6) is 6.01 Å². The molecule has 4 rings (SSSR count). The van der Waals surface area contributed by atoms with E-state index in [0.29, 0.717) is 23.8 Å². The van der Waals surface area contributed by atoms with Gasteiger partial charge in [-0.15, -0.1) is 5.10 Å². The van der Waals surface area contributed by atoms with Crippen molar-refractivity contribution < 1.29 is 18.7 Å². The van der Waals surface area contributed by atoms with E-state index in [1.54, 1.807) is 49.6 Å². The van der Waals surface area contributed by atoms with Crippen LogP contribution < -0.4 is 15.4 Å². The van der Waals surface area contributed by atoms with Crippen LogP contribution in [-0.4, -0.2) is 41.1 Å². The normalized spacial score (nSPS) is 10.7. The molecule has 34 heavy (non-hydrogen) atoms. The predicted octanol–water partition coefficient (Wildman–Crippen LogP) is 5.05. The molecule has 0 radical (unpaired) electrons. The summed E-state index contributed by atoms with van der Waals surface area (Å²) < 4.78 is 26.5. The number of amides is 2. The molecule has 1 heterocycles. The van der Waals surface area contributed by atoms with Gasteiger partial charge in [0.05, 0.1) is 17.9 Å². The monoisotopic (exact) mass is 461 g/mol. The van der Waals surface area contributed by atoms with Gasteiger partial charge in [-0.1, -0.05) is 30.3 Å². The number of hydrogen-bond donors (Lipinski definition) is 2. The van der Waals surface area contributed by atoms with Crippen LogP contribution in [0.1, 0.15) is 5.56 Å². The molecule has 174 valence electrons. The zero-order valence-electron chi connectivity index (χ0n) is 18.8. The van der Waals surface area contributed by atoms with Crippen molar-refractivity contribution in [3.05, 3.63) is 84.2 Å². The van der Waals surface area contributed by atoms with Gasteiger partial charge in [0.25, 0.3) is 0 Å². The number of rotatable bonds is 8. The molecule has 0 fully saturated rings. The Morgan fingerprint density at radius 2 is 1.71 bits per heavy atom. The Bertz CT molecular complexity index is 1270. The van der Waals surface area contributed by atoms with E-state index in [0.717, 1.165) is 11.3 Å². The molecule has 4 aromatic rings. The average molecular weight is 461 g/mol. The molecule has 0 atom stereocenters. The minimum Gasteiger partial charge on any atom is -0.460 e. The molecule has 0 unspecified atom stereocenters. The number of nitrogens with zero attached hydrogens (tertiary/aromatic N) is 3. The first-order valence-corrected chi connectivity index (χ1v) is 10.6. The second kappa shape index (κ2) is 10.6. The Balaban J connectivity index is 1.56. The molecule has 1 aromatic heterocycles. The first-order valence-electron chi connectivity index (χ1n) is 10.6. The minimum atomic E-state index is -0.425. The third-order valence-corrected chi connectivity index (χ3v) is 4.98. The molecule has 3 aromatic carbocycles. The van der Waals surface area contributed by atoms with Crippen LogP contribution in [0.3, 0.4) is 0 Å². The van der Waals surface area contributed by atoms with E-state index in [4.69, 9.17) is 9.47 Å². The Labute approximate surface area is 196 Å². The number of carbonyl (C=O) groups excluding carboxylic acids is 1. The SMILES string of the molecule is COCCOc1nc(-c2ccccc2F)n(-c2ccc(NC(=O)Nc3ccccc3C)cc2)n1. The number of urea groups is 1. The Kier molecular flexibility index (Phi) is 7.14. The maximum atomic E-state index is 14.5. The molecule has 0 aliphatic carbocycles. The third-order valence-electron chi connectivity index (χ3n) is 4.98. The zero-order valence-corrected chi connectivity index (χ0v) is 18.8. The van der Waals surface area contributed by atoms with Gasteiger partial charge in [-0.2, -0.15) is 4.98 Å². The molecular weight excluding hydrogens is 437 g/mol. The molecule has 0 aliphatic heterocycles. The van der Waals surface area contributed by atoms with E-state index in [2.05, 4.69) is 20.7 Å². The topological polar surface area (TPSA) is 90.3 Å². The number of para-hydroxylation sites is 1. The van der Waals surface area contributed by atoms with E-state index in [-0.39, 0.29) is 24.2 Å². The number of hydrogen-bond acceptors (Lipinski definition) is 5. The highest BCUT2D eigenvalue weighted by Gasteiger charge is 2.18. The van der Waals surface area contributed by atoms with E-state index >= 15 is 0 Å². The fraction of sp³-hybridized carbons (Fsp3) is 0.160. The number of ether oxygens (including phenoxy) is 2. The van der Waals surface area contributed by atoms with Crippen molar-refractivity contribution in [2.24, 2.45) is 0 Å². The lowest BCUT2D eigenvalue weighted by molar-refractivity contribution is 0.141. The van der Waals surface area contributed by atoms with Gasteiger partial charge in [-0.25, -0.2) is 13.9 Å². The minimum absolute atomic E-state index is 0.107. The van der Waals surface area contributed by atoms with Crippen molar-refractivity contribution in [1.82, 2.24) is 14.8 Å². The van der Waals surface area contributed by atoms with E-state index in [1.165, 1.54) is 10.7 Å². The van der Waals surface area contributed by atoms with Crippen LogP contribution in [0, 0.1) is 12.7 Å². The summed E-state index contributed by atoms with van der Waals surface area (Å²) >= 11 is 0. The molecular formula is C25H24FN5O3. The molecule has 2 amide bonds. The Morgan fingerprint density at radius 1 is 0.971 bits per heavy atom. The van der Waals surface area contributed by atoms with Gasteiger partial charge in [0, 0.05) is 18.5 Å². The number of carbonyl (C=O) groups is 1. The van der Waals surface area contributed by atoms with Crippen LogP contribution >= 0.6 is 0 Å². The van der Waals surface area contributed by atoms with Gasteiger partial charge in [-0.05, 0) is 55.0 Å². The predicted molar refractivity (Wildman–Crippen MR) is 128 cm³/mol. The largest absolute Gasteiger partial charge is 0.460 e. The highest BCUT2D eigenvalue weighted by atomic mass is 19.1. The van der Waals surface area contributed by atoms with Crippen molar-refractivity contribution in [3.8, 4) is 23.1 Å². The Hall–Kier alpha value is -4.24. The van der Waals surface area contributed by atoms with E-state index in [9.17, 15) is 9.18 Å². The number of halogens is 1. The lowest BCUT2D eigenvalue weighted by Crippen LogP contribution is -2.19. The summed E-state index contributed by atoms with van der Waals surface area (Å²) in [5.41, 5.74) is 3.19. The number of aryl methyl sites for hydroxylation is 1. The maximum Gasteiger partial charge on any atom is 0.336 e. The van der Waals surface area contributed by atoms with Gasteiger partial charge in [0.1, 0.15) is 12.4 Å². The van der Waals surface area contributed by atoms with Crippen molar-refractivity contribution in [2.75, 3.05) is 31.0 Å². The van der Waals surface area contributed by atoms with Crippen LogP contribution in [0.4, 0.5) is 20.6 Å². The highest BCUT2D eigenvalue weighted by Crippen LogP contribution is 2.26. The van der Waals surface area contributed by atoms with E-state index in [1.807, 2.05) is 31.2 Å². The van der Waals surface area contributed by atoms with Crippen molar-refractivity contribution in [2.45, 2.75) is 6.92 Å². The van der Waals surface area contributed by atoms with Gasteiger partial charge in [-0.3, -0.25) is 0 Å². The number of aromatic nitrogens is 3. The summed E-state index contributed by atoms with van der Waals surface area (Å²) in [7, 11) is 1.57. The third kappa shape index (κ3) is 5.38. The van der Waals surface area contributed by atoms with Crippen LogP contribution in [0.15, 0.2) is 72.8 Å². The summed E-state index contributed by atoms with van der Waals surface area (Å²) in [6.45, 7) is 2.55. The summed E-state index contributed by atoms with van der Waals surface area (Å²) in [6.07, 6.45) is 0. The van der Waals surface area contributed by atoms with Crippen molar-refractivity contribution >= 4 is 17.4 Å². The van der Waals surface area contributed by atoms with Crippen LogP contribution in [0.25, 0.3) is 17.1 Å². The first kappa shape index (κ1) is 22.9. The number of nitrogens with one attached hydrogen (secondary N) is 2. The smallest absolute Gasteiger partial charge is 0.336 e. The van der Waals surface area contributed by atoms with Crippen LogP contribution in [0.2, 0.25) is 0 Å². The zero-order chi connectivity index (χ0) is 23.9. The van der Waals surface area contributed by atoms with E-state index < -0.39 is 5.82 Å². The fourth-order valence-electron chi connectivity index (χ4n) is 3.25. The number of benzene rings is 3. The number of anilines is 2. The molecule has 0 bridgehead atoms. The molecule has 0 aliphatic rings. The lowest BCUT2D eigenvalue weighted by atomic mass is 10.2. The lowest BCUT2D eigenvalue weighted by Gasteiger charge is -2.11. The average Bonchev–Trinajstić information content (AvgIpc) is 3.25.